The Morgan fingerprint density at radius 3 is 2.76 bits per heavy atom. The summed E-state index contributed by atoms with van der Waals surface area (Å²) in [5.74, 6) is 8.37. The highest BCUT2D eigenvalue weighted by Gasteiger charge is 2.47. The van der Waals surface area contributed by atoms with Gasteiger partial charge in [0.2, 0.25) is 5.88 Å². The van der Waals surface area contributed by atoms with E-state index in [1.54, 1.807) is 6.20 Å². The van der Waals surface area contributed by atoms with E-state index in [2.05, 4.69) is 45.0 Å². The van der Waals surface area contributed by atoms with Crippen LogP contribution in [0.1, 0.15) is 44.4 Å². The second-order valence-corrected chi connectivity index (χ2v) is 11.7. The zero-order chi connectivity index (χ0) is 24.1. The highest BCUT2D eigenvalue weighted by Crippen LogP contribution is 2.53. The first kappa shape index (κ1) is 23.2. The van der Waals surface area contributed by atoms with Gasteiger partial charge < -0.3 is 14.2 Å². The minimum Gasteiger partial charge on any atom is -0.444 e. The monoisotopic (exact) mass is 541 g/mol. The van der Waals surface area contributed by atoms with Gasteiger partial charge in [0.25, 0.3) is 0 Å². The number of aliphatic imine (C=N–C) groups is 1. The largest absolute Gasteiger partial charge is 0.444 e. The van der Waals surface area contributed by atoms with Crippen molar-refractivity contribution in [3.63, 3.8) is 0 Å². The maximum Gasteiger partial charge on any atom is 0.413 e. The molecule has 1 amide bonds. The summed E-state index contributed by atoms with van der Waals surface area (Å²) in [4.78, 5) is 21.9. The molecule has 1 N–H and O–H groups in total. The molecule has 1 aromatic carbocycles. The summed E-state index contributed by atoms with van der Waals surface area (Å²) in [7, 11) is 0. The van der Waals surface area contributed by atoms with E-state index in [0.717, 1.165) is 21.2 Å². The van der Waals surface area contributed by atoms with E-state index in [1.165, 1.54) is 11.8 Å². The number of pyridine rings is 1. The number of amidine groups is 1. The van der Waals surface area contributed by atoms with Crippen LogP contribution in [-0.2, 0) is 15.0 Å². The molecule has 0 bridgehead atoms. The van der Waals surface area contributed by atoms with Crippen LogP contribution < -0.4 is 10.1 Å². The topological polar surface area (TPSA) is 82.0 Å². The predicted molar refractivity (Wildman–Crippen MR) is 134 cm³/mol. The molecule has 3 aliphatic rings. The van der Waals surface area contributed by atoms with Crippen molar-refractivity contribution in [1.29, 1.82) is 0 Å². The Hall–Kier alpha value is -2.54. The lowest BCUT2D eigenvalue weighted by Gasteiger charge is -2.34. The number of hydrogen-bond acceptors (Lipinski definition) is 7. The summed E-state index contributed by atoms with van der Waals surface area (Å²) in [5.41, 5.74) is 1.08. The standard InChI is InChI=1S/C25H24BrN3O4S/c1-23(2,3)33-22(30)28-21-29-25(14-34-21)17-9-15(7-8-24(4)12-31-13-24)5-6-19(17)32-20-18(25)10-16(26)11-27-20/h5-6,9-11H,12-14H2,1-4H3,(H,28,29,30). The number of fused-ring (bicyclic) bond motifs is 4. The molecule has 34 heavy (non-hydrogen) atoms. The van der Waals surface area contributed by atoms with Crippen LogP contribution in [-0.4, -0.2) is 40.8 Å². The highest BCUT2D eigenvalue weighted by molar-refractivity contribution is 9.10. The van der Waals surface area contributed by atoms with E-state index < -0.39 is 17.2 Å². The van der Waals surface area contributed by atoms with Gasteiger partial charge in [-0.1, -0.05) is 23.6 Å². The number of carbonyl (C=O) groups excluding carboxylic acids is 1. The van der Waals surface area contributed by atoms with Crippen molar-refractivity contribution < 1.29 is 19.0 Å². The van der Waals surface area contributed by atoms with E-state index in [0.29, 0.717) is 35.8 Å². The van der Waals surface area contributed by atoms with Gasteiger partial charge in [-0.3, -0.25) is 5.32 Å². The molecule has 1 unspecified atom stereocenters. The molecule has 1 spiro atoms. The number of thioether (sulfide) groups is 1. The molecule has 5 rings (SSSR count). The number of aromatic nitrogens is 1. The molecule has 2 aromatic rings. The maximum absolute atomic E-state index is 12.4. The third kappa shape index (κ3) is 4.42. The molecule has 0 saturated carbocycles. The number of hydrogen-bond donors (Lipinski definition) is 1. The normalized spacial score (nSPS) is 21.7. The van der Waals surface area contributed by atoms with Gasteiger partial charge in [-0.05, 0) is 67.9 Å². The number of amides is 1. The van der Waals surface area contributed by atoms with E-state index in [4.69, 9.17) is 19.2 Å². The van der Waals surface area contributed by atoms with Crippen molar-refractivity contribution in [2.24, 2.45) is 10.4 Å². The molecule has 1 atom stereocenters. The summed E-state index contributed by atoms with van der Waals surface area (Å²) >= 11 is 4.99. The molecule has 1 fully saturated rings. The van der Waals surface area contributed by atoms with Crippen LogP contribution in [0.25, 0.3) is 0 Å². The van der Waals surface area contributed by atoms with Gasteiger partial charge in [-0.15, -0.1) is 0 Å². The van der Waals surface area contributed by atoms with Crippen LogP contribution in [0, 0.1) is 17.3 Å². The molecule has 0 aliphatic carbocycles. The third-order valence-electron chi connectivity index (χ3n) is 5.56. The molecule has 0 radical (unpaired) electrons. The van der Waals surface area contributed by atoms with Crippen LogP contribution >= 0.6 is 27.7 Å². The summed E-state index contributed by atoms with van der Waals surface area (Å²) in [6, 6.07) is 7.84. The Bertz CT molecular complexity index is 1270. The first-order chi connectivity index (χ1) is 16.1. The molecule has 4 heterocycles. The molecule has 3 aliphatic heterocycles. The van der Waals surface area contributed by atoms with Crippen molar-refractivity contribution in [1.82, 2.24) is 10.3 Å². The number of nitrogens with one attached hydrogen (secondary N) is 1. The molecule has 9 heteroatoms. The number of nitrogens with zero attached hydrogens (tertiary/aromatic N) is 2. The first-order valence-electron chi connectivity index (χ1n) is 10.9. The van der Waals surface area contributed by atoms with E-state index in [9.17, 15) is 4.79 Å². The van der Waals surface area contributed by atoms with Gasteiger partial charge in [-0.2, -0.15) is 0 Å². The smallest absolute Gasteiger partial charge is 0.413 e. The Morgan fingerprint density at radius 1 is 1.26 bits per heavy atom. The van der Waals surface area contributed by atoms with Gasteiger partial charge in [0.15, 0.2) is 5.17 Å². The van der Waals surface area contributed by atoms with Crippen LogP contribution in [0.4, 0.5) is 4.79 Å². The van der Waals surface area contributed by atoms with Crippen LogP contribution in [0.3, 0.4) is 0 Å². The molecular weight excluding hydrogens is 518 g/mol. The fourth-order valence-corrected chi connectivity index (χ4v) is 5.35. The Morgan fingerprint density at radius 2 is 2.06 bits per heavy atom. The lowest BCUT2D eigenvalue weighted by Crippen LogP contribution is -2.38. The molecule has 7 nitrogen and oxygen atoms in total. The maximum atomic E-state index is 12.4. The van der Waals surface area contributed by atoms with Crippen LogP contribution in [0.15, 0.2) is 39.9 Å². The first-order valence-corrected chi connectivity index (χ1v) is 12.7. The zero-order valence-electron chi connectivity index (χ0n) is 19.3. The quantitative estimate of drug-likeness (QED) is 0.461. The number of carbonyl (C=O) groups is 1. The number of ether oxygens (including phenoxy) is 3. The lowest BCUT2D eigenvalue weighted by molar-refractivity contribution is -0.0648. The minimum absolute atomic E-state index is 0.114. The highest BCUT2D eigenvalue weighted by atomic mass is 79.9. The predicted octanol–water partition coefficient (Wildman–Crippen LogP) is 5.21. The Kier molecular flexibility index (Phi) is 5.66. The summed E-state index contributed by atoms with van der Waals surface area (Å²) in [6.45, 7) is 8.86. The fraction of sp³-hybridized carbons (Fsp3) is 0.400. The molecule has 1 aromatic heterocycles. The minimum atomic E-state index is -0.782. The van der Waals surface area contributed by atoms with Crippen molar-refractivity contribution in [2.75, 3.05) is 19.0 Å². The SMILES string of the molecule is CC1(C#Cc2ccc3c(c2)C2(CSC(NC(=O)OC(C)(C)C)=N2)c2cc(Br)cnc2O3)COC1. The third-order valence-corrected chi connectivity index (χ3v) is 7.03. The van der Waals surface area contributed by atoms with E-state index in [1.807, 2.05) is 45.0 Å². The van der Waals surface area contributed by atoms with Crippen molar-refractivity contribution in [3.8, 4) is 23.5 Å². The lowest BCUT2D eigenvalue weighted by atomic mass is 9.82. The van der Waals surface area contributed by atoms with Gasteiger partial charge in [0, 0.05) is 33.1 Å². The fourth-order valence-electron chi connectivity index (χ4n) is 3.92. The van der Waals surface area contributed by atoms with Crippen LogP contribution in [0.5, 0.6) is 11.6 Å². The van der Waals surface area contributed by atoms with Crippen molar-refractivity contribution >= 4 is 39.0 Å². The summed E-state index contributed by atoms with van der Waals surface area (Å²) < 4.78 is 17.7. The van der Waals surface area contributed by atoms with Gasteiger partial charge in [-0.25, -0.2) is 14.8 Å². The number of benzene rings is 1. The zero-order valence-corrected chi connectivity index (χ0v) is 21.7. The number of rotatable bonds is 0. The van der Waals surface area contributed by atoms with Gasteiger partial charge in [0.1, 0.15) is 16.9 Å². The summed E-state index contributed by atoms with van der Waals surface area (Å²) in [5, 5.41) is 3.28. The molecular formula is C25H24BrN3O4S. The van der Waals surface area contributed by atoms with Crippen LogP contribution in [0.2, 0.25) is 0 Å². The van der Waals surface area contributed by atoms with Gasteiger partial charge in [0.05, 0.1) is 18.6 Å². The average molecular weight is 542 g/mol. The van der Waals surface area contributed by atoms with Crippen molar-refractivity contribution in [3.05, 3.63) is 51.6 Å². The Labute approximate surface area is 211 Å². The molecule has 1 saturated heterocycles. The number of alkyl carbamates (subject to hydrolysis) is 1. The average Bonchev–Trinajstić information content (AvgIpc) is 3.15. The molecule has 176 valence electrons. The second-order valence-electron chi connectivity index (χ2n) is 9.82. The second kappa shape index (κ2) is 8.29. The van der Waals surface area contributed by atoms with E-state index >= 15 is 0 Å². The van der Waals surface area contributed by atoms with Crippen molar-refractivity contribution in [2.45, 2.75) is 38.8 Å². The summed E-state index contributed by atoms with van der Waals surface area (Å²) in [6.07, 6.45) is 1.16. The Balaban J connectivity index is 1.56. The number of halogens is 1. The van der Waals surface area contributed by atoms with E-state index in [-0.39, 0.29) is 5.41 Å². The van der Waals surface area contributed by atoms with Gasteiger partial charge >= 0.3 is 6.09 Å².